The van der Waals surface area contributed by atoms with E-state index >= 15 is 0 Å². The van der Waals surface area contributed by atoms with E-state index in [-0.39, 0.29) is 12.8 Å². The summed E-state index contributed by atoms with van der Waals surface area (Å²) in [5.41, 5.74) is 2.18. The minimum absolute atomic E-state index is 0.170. The molecule has 0 radical (unpaired) electrons. The molecule has 0 heterocycles. The predicted molar refractivity (Wildman–Crippen MR) is 42.2 cm³/mol. The second-order valence-electron chi connectivity index (χ2n) is 3.72. The number of hydrogen-bond acceptors (Lipinski definition) is 2. The fourth-order valence-corrected chi connectivity index (χ4v) is 1.75. The normalized spacial score (nSPS) is 34.1. The van der Waals surface area contributed by atoms with Gasteiger partial charge in [0, 0.05) is 5.92 Å². The summed E-state index contributed by atoms with van der Waals surface area (Å²) < 4.78 is 37.1. The predicted octanol–water partition coefficient (Wildman–Crippen LogP) is 0.955. The molecule has 3 N–H and O–H groups in total. The van der Waals surface area contributed by atoms with Crippen molar-refractivity contribution in [3.63, 3.8) is 0 Å². The van der Waals surface area contributed by atoms with Crippen molar-refractivity contribution >= 4 is 5.91 Å². The van der Waals surface area contributed by atoms with E-state index in [1.807, 2.05) is 0 Å². The molecule has 3 nitrogen and oxygen atoms in total. The summed E-state index contributed by atoms with van der Waals surface area (Å²) >= 11 is 0. The quantitative estimate of drug-likeness (QED) is 0.678. The largest absolute Gasteiger partial charge is 0.417 e. The number of carbonyl (C=O) groups excluding carboxylic acids is 1. The maximum absolute atomic E-state index is 12.4. The molecule has 0 aromatic rings. The first kappa shape index (κ1) is 11.3. The van der Waals surface area contributed by atoms with Crippen molar-refractivity contribution in [3.05, 3.63) is 0 Å². The molecule has 1 aliphatic rings. The molecule has 82 valence electrons. The Labute approximate surface area is 79.1 Å². The zero-order valence-corrected chi connectivity index (χ0v) is 7.47. The highest BCUT2D eigenvalue weighted by Gasteiger charge is 2.55. The van der Waals surface area contributed by atoms with E-state index in [0.29, 0.717) is 6.42 Å². The second kappa shape index (κ2) is 3.42. The van der Waals surface area contributed by atoms with Gasteiger partial charge in [-0.1, -0.05) is 0 Å². The molecule has 1 fully saturated rings. The average Bonchev–Trinajstić information content (AvgIpc) is 2.02. The van der Waals surface area contributed by atoms with Crippen molar-refractivity contribution in [2.45, 2.75) is 37.5 Å². The van der Waals surface area contributed by atoms with Crippen LogP contribution >= 0.6 is 0 Å². The van der Waals surface area contributed by atoms with Crippen LogP contribution in [0.5, 0.6) is 0 Å². The van der Waals surface area contributed by atoms with Crippen LogP contribution < -0.4 is 5.73 Å². The lowest BCUT2D eigenvalue weighted by atomic mass is 9.77. The van der Waals surface area contributed by atoms with E-state index in [2.05, 4.69) is 0 Å². The van der Waals surface area contributed by atoms with Crippen LogP contribution in [0.3, 0.4) is 0 Å². The minimum atomic E-state index is -4.68. The molecular weight excluding hydrogens is 199 g/mol. The molecule has 2 unspecified atom stereocenters. The summed E-state index contributed by atoms with van der Waals surface area (Å²) in [5, 5.41) is 9.29. The fraction of sp³-hybridized carbons (Fsp3) is 0.875. The van der Waals surface area contributed by atoms with E-state index in [1.165, 1.54) is 0 Å². The van der Waals surface area contributed by atoms with Crippen molar-refractivity contribution in [1.29, 1.82) is 0 Å². The summed E-state index contributed by atoms with van der Waals surface area (Å²) in [6.07, 6.45) is -5.13. The zero-order chi connectivity index (χ0) is 11.0. The molecule has 6 heteroatoms. The lowest BCUT2D eigenvalue weighted by Gasteiger charge is -2.36. The van der Waals surface area contributed by atoms with Crippen molar-refractivity contribution in [2.75, 3.05) is 0 Å². The molecule has 1 amide bonds. The van der Waals surface area contributed by atoms with Crippen molar-refractivity contribution in [1.82, 2.24) is 0 Å². The van der Waals surface area contributed by atoms with Crippen molar-refractivity contribution in [2.24, 2.45) is 11.7 Å². The summed E-state index contributed by atoms with van der Waals surface area (Å²) in [4.78, 5) is 10.7. The van der Waals surface area contributed by atoms with Gasteiger partial charge in [-0.05, 0) is 25.7 Å². The minimum Gasteiger partial charge on any atom is -0.380 e. The van der Waals surface area contributed by atoms with Gasteiger partial charge in [0.15, 0.2) is 5.60 Å². The molecule has 0 aromatic heterocycles. The zero-order valence-electron chi connectivity index (χ0n) is 7.47. The highest BCUT2D eigenvalue weighted by Crippen LogP contribution is 2.43. The molecule has 0 bridgehead atoms. The number of alkyl halides is 3. The van der Waals surface area contributed by atoms with Crippen molar-refractivity contribution in [3.8, 4) is 0 Å². The van der Waals surface area contributed by atoms with Gasteiger partial charge in [0.2, 0.25) is 5.91 Å². The van der Waals surface area contributed by atoms with Crippen molar-refractivity contribution < 1.29 is 23.1 Å². The number of nitrogens with two attached hydrogens (primary N) is 1. The molecule has 2 atom stereocenters. The molecule has 1 saturated carbocycles. The van der Waals surface area contributed by atoms with Crippen LogP contribution in [-0.2, 0) is 4.79 Å². The molecule has 1 aliphatic carbocycles. The maximum Gasteiger partial charge on any atom is 0.417 e. The second-order valence-corrected chi connectivity index (χ2v) is 3.72. The number of carbonyl (C=O) groups is 1. The van der Waals surface area contributed by atoms with Crippen LogP contribution in [0.4, 0.5) is 13.2 Å². The molecule has 0 spiro atoms. The topological polar surface area (TPSA) is 63.3 Å². The van der Waals surface area contributed by atoms with Gasteiger partial charge < -0.3 is 10.8 Å². The van der Waals surface area contributed by atoms with Crippen LogP contribution in [0.2, 0.25) is 0 Å². The maximum atomic E-state index is 12.4. The smallest absolute Gasteiger partial charge is 0.380 e. The van der Waals surface area contributed by atoms with Crippen LogP contribution in [0.1, 0.15) is 25.7 Å². The van der Waals surface area contributed by atoms with Crippen LogP contribution in [-0.4, -0.2) is 22.8 Å². The number of halogens is 3. The molecule has 1 rings (SSSR count). The Hall–Kier alpha value is -0.780. The third-order valence-corrected chi connectivity index (χ3v) is 2.66. The summed E-state index contributed by atoms with van der Waals surface area (Å²) in [6.45, 7) is 0. The third kappa shape index (κ3) is 2.00. The summed E-state index contributed by atoms with van der Waals surface area (Å²) in [5.74, 6) is -1.64. The van der Waals surface area contributed by atoms with Crippen LogP contribution in [0, 0.1) is 5.92 Å². The number of rotatable bonds is 1. The standard InChI is InChI=1S/C8H12F3NO2/c9-8(10,11)7(14)3-1-2-5(4-7)6(12)13/h5,14H,1-4H2,(H2,12,13). The Kier molecular flexibility index (Phi) is 2.76. The number of aliphatic hydroxyl groups is 1. The lowest BCUT2D eigenvalue weighted by molar-refractivity contribution is -0.273. The molecule has 0 aromatic carbocycles. The van der Waals surface area contributed by atoms with Crippen LogP contribution in [0.25, 0.3) is 0 Å². The first-order valence-electron chi connectivity index (χ1n) is 4.35. The monoisotopic (exact) mass is 211 g/mol. The van der Waals surface area contributed by atoms with Gasteiger partial charge >= 0.3 is 6.18 Å². The molecular formula is C8H12F3NO2. The van der Waals surface area contributed by atoms with E-state index in [1.54, 1.807) is 0 Å². The van der Waals surface area contributed by atoms with E-state index in [0.717, 1.165) is 0 Å². The number of hydrogen-bond donors (Lipinski definition) is 2. The Morgan fingerprint density at radius 2 is 2.07 bits per heavy atom. The average molecular weight is 211 g/mol. The van der Waals surface area contributed by atoms with Gasteiger partial charge in [-0.15, -0.1) is 0 Å². The highest BCUT2D eigenvalue weighted by molar-refractivity contribution is 5.76. The SMILES string of the molecule is NC(=O)C1CCCC(O)(C(F)(F)F)C1. The number of primary amides is 1. The highest BCUT2D eigenvalue weighted by atomic mass is 19.4. The number of amides is 1. The van der Waals surface area contributed by atoms with Gasteiger partial charge in [-0.25, -0.2) is 0 Å². The third-order valence-electron chi connectivity index (χ3n) is 2.66. The Morgan fingerprint density at radius 3 is 2.50 bits per heavy atom. The Bertz CT molecular complexity index is 241. The van der Waals surface area contributed by atoms with Gasteiger partial charge in [0.25, 0.3) is 0 Å². The van der Waals surface area contributed by atoms with Gasteiger partial charge in [0.05, 0.1) is 0 Å². The first-order valence-corrected chi connectivity index (χ1v) is 4.35. The van der Waals surface area contributed by atoms with Gasteiger partial charge in [-0.2, -0.15) is 13.2 Å². The molecule has 0 saturated heterocycles. The Morgan fingerprint density at radius 1 is 1.50 bits per heavy atom. The van der Waals surface area contributed by atoms with Gasteiger partial charge in [0.1, 0.15) is 0 Å². The Balaban J connectivity index is 2.77. The first-order chi connectivity index (χ1) is 6.26. The van der Waals surface area contributed by atoms with Crippen LogP contribution in [0.15, 0.2) is 0 Å². The summed E-state index contributed by atoms with van der Waals surface area (Å²) in [7, 11) is 0. The van der Waals surface area contributed by atoms with Gasteiger partial charge in [-0.3, -0.25) is 4.79 Å². The molecule has 0 aliphatic heterocycles. The molecule has 14 heavy (non-hydrogen) atoms. The summed E-state index contributed by atoms with van der Waals surface area (Å²) in [6, 6.07) is 0. The lowest BCUT2D eigenvalue weighted by Crippen LogP contribution is -2.50. The van der Waals surface area contributed by atoms with E-state index in [4.69, 9.17) is 5.73 Å². The fourth-order valence-electron chi connectivity index (χ4n) is 1.75. The van der Waals surface area contributed by atoms with E-state index < -0.39 is 30.0 Å². The van der Waals surface area contributed by atoms with E-state index in [9.17, 15) is 23.1 Å².